The molecule has 9 heteroatoms. The minimum absolute atomic E-state index is 0.150. The molecule has 0 aromatic heterocycles. The fourth-order valence-electron chi connectivity index (χ4n) is 4.06. The van der Waals surface area contributed by atoms with Crippen LogP contribution in [-0.4, -0.2) is 59.0 Å². The number of piperidine rings is 1. The molecule has 2 unspecified atom stereocenters. The summed E-state index contributed by atoms with van der Waals surface area (Å²) in [7, 11) is 0. The van der Waals surface area contributed by atoms with E-state index in [9.17, 15) is 23.1 Å². The quantitative estimate of drug-likeness (QED) is 0.813. The van der Waals surface area contributed by atoms with Crippen molar-refractivity contribution < 1.29 is 37.3 Å². The van der Waals surface area contributed by atoms with E-state index in [1.54, 1.807) is 31.7 Å². The summed E-state index contributed by atoms with van der Waals surface area (Å²) < 4.78 is 52.4. The number of ether oxygens (including phenoxy) is 3. The molecule has 2 aliphatic rings. The fourth-order valence-corrected chi connectivity index (χ4v) is 4.06. The minimum atomic E-state index is -4.78. The van der Waals surface area contributed by atoms with Crippen molar-refractivity contribution in [2.45, 2.75) is 69.7 Å². The number of nitrogens with zero attached hydrogens (tertiary/aromatic N) is 1. The van der Waals surface area contributed by atoms with Crippen LogP contribution in [0.4, 0.5) is 18.0 Å². The van der Waals surface area contributed by atoms with Gasteiger partial charge in [-0.3, -0.25) is 4.90 Å². The molecule has 3 rings (SSSR count). The normalized spacial score (nSPS) is 27.5. The van der Waals surface area contributed by atoms with Gasteiger partial charge < -0.3 is 19.3 Å². The molecular weight excluding hydrogens is 391 g/mol. The molecular formula is C20H26F3NO5. The lowest BCUT2D eigenvalue weighted by Crippen LogP contribution is -2.64. The van der Waals surface area contributed by atoms with E-state index in [2.05, 4.69) is 4.74 Å². The van der Waals surface area contributed by atoms with Gasteiger partial charge in [0.2, 0.25) is 0 Å². The molecule has 162 valence electrons. The smallest absolute Gasteiger partial charge is 0.444 e. The van der Waals surface area contributed by atoms with Crippen LogP contribution in [-0.2, 0) is 15.9 Å². The summed E-state index contributed by atoms with van der Waals surface area (Å²) in [5, 5.41) is 11.2. The molecule has 0 aliphatic carbocycles. The first-order valence-corrected chi connectivity index (χ1v) is 9.50. The molecule has 1 amide bonds. The Balaban J connectivity index is 1.73. The number of alkyl halides is 3. The number of rotatable bonds is 3. The Bertz CT molecular complexity index is 732. The molecule has 2 fully saturated rings. The molecule has 0 spiro atoms. The standard InChI is InChI=1S/C20H26F3NO5/c1-18(2,3)29-17(25)24-14-9-19(26,10-15(24)12-27-11-14)8-13-5-4-6-16(7-13)28-20(21,22)23/h4-7,14-15,26H,8-12H2,1-3H3. The van der Waals surface area contributed by atoms with Gasteiger partial charge in [0.05, 0.1) is 30.9 Å². The van der Waals surface area contributed by atoms with Crippen LogP contribution in [0.2, 0.25) is 0 Å². The monoisotopic (exact) mass is 417 g/mol. The summed E-state index contributed by atoms with van der Waals surface area (Å²) in [6, 6.07) is 4.87. The van der Waals surface area contributed by atoms with E-state index in [4.69, 9.17) is 9.47 Å². The Labute approximate surface area is 167 Å². The van der Waals surface area contributed by atoms with Crippen molar-refractivity contribution in [3.8, 4) is 5.75 Å². The third-order valence-corrected chi connectivity index (χ3v) is 4.91. The van der Waals surface area contributed by atoms with Crippen LogP contribution in [0.5, 0.6) is 5.75 Å². The van der Waals surface area contributed by atoms with Crippen LogP contribution < -0.4 is 4.74 Å². The summed E-state index contributed by atoms with van der Waals surface area (Å²) in [6.45, 7) is 5.90. The summed E-state index contributed by atoms with van der Waals surface area (Å²) in [5.74, 6) is -0.326. The molecule has 2 aliphatic heterocycles. The second-order valence-corrected chi connectivity index (χ2v) is 8.74. The summed E-state index contributed by atoms with van der Waals surface area (Å²) in [5.41, 5.74) is -1.29. The second-order valence-electron chi connectivity index (χ2n) is 8.74. The highest BCUT2D eigenvalue weighted by atomic mass is 19.4. The number of hydrogen-bond donors (Lipinski definition) is 1. The number of fused-ring (bicyclic) bond motifs is 2. The highest BCUT2D eigenvalue weighted by molar-refractivity contribution is 5.69. The average Bonchev–Trinajstić information content (AvgIpc) is 2.50. The number of hydrogen-bond acceptors (Lipinski definition) is 5. The van der Waals surface area contributed by atoms with E-state index in [1.807, 2.05) is 0 Å². The lowest BCUT2D eigenvalue weighted by atomic mass is 9.78. The summed E-state index contributed by atoms with van der Waals surface area (Å²) in [6.07, 6.45) is -4.58. The number of aliphatic hydroxyl groups is 1. The number of carbonyl (C=O) groups excluding carboxylic acids is 1. The zero-order chi connectivity index (χ0) is 21.4. The zero-order valence-corrected chi connectivity index (χ0v) is 16.7. The van der Waals surface area contributed by atoms with Crippen LogP contribution in [0.25, 0.3) is 0 Å². The van der Waals surface area contributed by atoms with Gasteiger partial charge in [-0.15, -0.1) is 13.2 Å². The third-order valence-electron chi connectivity index (χ3n) is 4.91. The maximum absolute atomic E-state index is 12.6. The summed E-state index contributed by atoms with van der Waals surface area (Å²) in [4.78, 5) is 14.2. The van der Waals surface area contributed by atoms with Crippen molar-refractivity contribution >= 4 is 6.09 Å². The number of benzene rings is 1. The fraction of sp³-hybridized carbons (Fsp3) is 0.650. The zero-order valence-electron chi connectivity index (χ0n) is 16.7. The Morgan fingerprint density at radius 2 is 1.86 bits per heavy atom. The molecule has 1 aromatic rings. The van der Waals surface area contributed by atoms with Crippen LogP contribution in [0, 0.1) is 0 Å². The van der Waals surface area contributed by atoms with E-state index in [-0.39, 0.29) is 50.3 Å². The molecule has 6 nitrogen and oxygen atoms in total. The second kappa shape index (κ2) is 7.68. The van der Waals surface area contributed by atoms with Crippen molar-refractivity contribution in [1.82, 2.24) is 4.90 Å². The average molecular weight is 417 g/mol. The maximum atomic E-state index is 12.6. The van der Waals surface area contributed by atoms with E-state index < -0.39 is 23.7 Å². The Morgan fingerprint density at radius 1 is 1.24 bits per heavy atom. The first kappa shape index (κ1) is 21.7. The highest BCUT2D eigenvalue weighted by Gasteiger charge is 2.49. The first-order chi connectivity index (χ1) is 13.3. The van der Waals surface area contributed by atoms with Gasteiger partial charge in [0.15, 0.2) is 0 Å². The van der Waals surface area contributed by atoms with Crippen LogP contribution in [0.3, 0.4) is 0 Å². The van der Waals surface area contributed by atoms with Gasteiger partial charge >= 0.3 is 12.5 Å². The maximum Gasteiger partial charge on any atom is 0.573 e. The van der Waals surface area contributed by atoms with E-state index >= 15 is 0 Å². The van der Waals surface area contributed by atoms with Crippen LogP contribution >= 0.6 is 0 Å². The first-order valence-electron chi connectivity index (χ1n) is 9.50. The van der Waals surface area contributed by atoms with Gasteiger partial charge in [0, 0.05) is 6.42 Å². The van der Waals surface area contributed by atoms with Crippen LogP contribution in [0.15, 0.2) is 24.3 Å². The van der Waals surface area contributed by atoms with Gasteiger partial charge in [-0.2, -0.15) is 0 Å². The van der Waals surface area contributed by atoms with Gasteiger partial charge in [-0.1, -0.05) is 12.1 Å². The molecule has 1 aromatic carbocycles. The topological polar surface area (TPSA) is 68.2 Å². The molecule has 0 radical (unpaired) electrons. The Morgan fingerprint density at radius 3 is 2.41 bits per heavy atom. The van der Waals surface area contributed by atoms with E-state index in [1.165, 1.54) is 18.2 Å². The van der Waals surface area contributed by atoms with Gasteiger partial charge in [-0.05, 0) is 51.3 Å². The van der Waals surface area contributed by atoms with Crippen LogP contribution in [0.1, 0.15) is 39.2 Å². The molecule has 29 heavy (non-hydrogen) atoms. The number of carbonyl (C=O) groups is 1. The molecule has 2 heterocycles. The van der Waals surface area contributed by atoms with Crippen molar-refractivity contribution in [3.05, 3.63) is 29.8 Å². The SMILES string of the molecule is CC(C)(C)OC(=O)N1C2COCC1CC(O)(Cc1cccc(OC(F)(F)F)c1)C2. The largest absolute Gasteiger partial charge is 0.573 e. The predicted molar refractivity (Wildman–Crippen MR) is 97.5 cm³/mol. The number of halogens is 3. The van der Waals surface area contributed by atoms with E-state index in [0.29, 0.717) is 5.56 Å². The molecule has 2 bridgehead atoms. The predicted octanol–water partition coefficient (Wildman–Crippen LogP) is 3.66. The number of amides is 1. The van der Waals surface area contributed by atoms with Crippen molar-refractivity contribution in [1.29, 1.82) is 0 Å². The highest BCUT2D eigenvalue weighted by Crippen LogP contribution is 2.38. The van der Waals surface area contributed by atoms with E-state index in [0.717, 1.165) is 0 Å². The Hall–Kier alpha value is -2.00. The molecule has 2 atom stereocenters. The summed E-state index contributed by atoms with van der Waals surface area (Å²) >= 11 is 0. The van der Waals surface area contributed by atoms with Crippen molar-refractivity contribution in [3.63, 3.8) is 0 Å². The van der Waals surface area contributed by atoms with Crippen molar-refractivity contribution in [2.75, 3.05) is 13.2 Å². The molecule has 2 saturated heterocycles. The number of morpholine rings is 1. The molecule has 0 saturated carbocycles. The van der Waals surface area contributed by atoms with Gasteiger partial charge in [0.1, 0.15) is 11.4 Å². The van der Waals surface area contributed by atoms with Crippen molar-refractivity contribution in [2.24, 2.45) is 0 Å². The third kappa shape index (κ3) is 5.76. The molecule has 1 N–H and O–H groups in total. The lowest BCUT2D eigenvalue weighted by Gasteiger charge is -2.51. The minimum Gasteiger partial charge on any atom is -0.444 e. The Kier molecular flexibility index (Phi) is 5.75. The van der Waals surface area contributed by atoms with Gasteiger partial charge in [-0.25, -0.2) is 4.79 Å². The lowest BCUT2D eigenvalue weighted by molar-refractivity contribution is -0.274. The van der Waals surface area contributed by atoms with Gasteiger partial charge in [0.25, 0.3) is 0 Å².